The summed E-state index contributed by atoms with van der Waals surface area (Å²) >= 11 is 0. The summed E-state index contributed by atoms with van der Waals surface area (Å²) in [5, 5.41) is 0. The second-order valence-corrected chi connectivity index (χ2v) is 6.61. The summed E-state index contributed by atoms with van der Waals surface area (Å²) in [6.45, 7) is 1.82. The quantitative estimate of drug-likeness (QED) is 0.603. The normalized spacial score (nSPS) is 10.4. The summed E-state index contributed by atoms with van der Waals surface area (Å²) < 4.78 is 38.0. The molecule has 0 saturated heterocycles. The van der Waals surface area contributed by atoms with Crippen LogP contribution in [0.2, 0.25) is 0 Å². The smallest absolute Gasteiger partial charge is 0.414 e. The molecule has 0 fully saturated rings. The number of amides is 1. The summed E-state index contributed by atoms with van der Waals surface area (Å²) in [5.41, 5.74) is 0.928. The van der Waals surface area contributed by atoms with Gasteiger partial charge in [0.2, 0.25) is 6.20 Å². The Morgan fingerprint density at radius 2 is 1.75 bits per heavy atom. The average Bonchev–Trinajstić information content (AvgIpc) is 2.47. The number of aromatic nitrogens is 1. The lowest BCUT2D eigenvalue weighted by atomic mass is 10.2. The maximum atomic E-state index is 11.1. The second-order valence-electron chi connectivity index (χ2n) is 5.23. The van der Waals surface area contributed by atoms with Crippen LogP contribution in [0, 0.1) is 6.92 Å². The van der Waals surface area contributed by atoms with Crippen LogP contribution in [-0.2, 0) is 17.2 Å². The topological polar surface area (TPSA) is 90.6 Å². The molecule has 0 atom stereocenters. The molecule has 8 heteroatoms. The lowest BCUT2D eigenvalue weighted by molar-refractivity contribution is -0.671. The maximum Gasteiger partial charge on any atom is 0.414 e. The second kappa shape index (κ2) is 8.42. The first kappa shape index (κ1) is 19.6. The van der Waals surface area contributed by atoms with Gasteiger partial charge in [0.25, 0.3) is 0 Å². The summed E-state index contributed by atoms with van der Waals surface area (Å²) in [7, 11) is 0.887. The van der Waals surface area contributed by atoms with Gasteiger partial charge in [-0.05, 0) is 25.1 Å². The Balaban J connectivity index is 0.000000243. The van der Waals surface area contributed by atoms with Crippen LogP contribution in [-0.4, -0.2) is 38.1 Å². The van der Waals surface area contributed by atoms with Crippen molar-refractivity contribution in [2.75, 3.05) is 14.1 Å². The fourth-order valence-corrected chi connectivity index (χ4v) is 1.99. The Kier molecular flexibility index (Phi) is 6.87. The van der Waals surface area contributed by atoms with Crippen LogP contribution < -0.4 is 9.30 Å². The predicted molar refractivity (Wildman–Crippen MR) is 86.5 cm³/mol. The molecule has 0 radical (unpaired) electrons. The zero-order valence-corrected chi connectivity index (χ0v) is 14.8. The van der Waals surface area contributed by atoms with E-state index in [1.807, 2.05) is 30.8 Å². The molecule has 130 valence electrons. The van der Waals surface area contributed by atoms with Gasteiger partial charge >= 0.3 is 6.09 Å². The van der Waals surface area contributed by atoms with E-state index in [1.165, 1.54) is 17.0 Å². The van der Waals surface area contributed by atoms with Gasteiger partial charge in [0.15, 0.2) is 11.9 Å². The van der Waals surface area contributed by atoms with Gasteiger partial charge in [0, 0.05) is 20.2 Å². The number of aryl methyl sites for hydroxylation is 2. The van der Waals surface area contributed by atoms with Crippen LogP contribution >= 0.6 is 0 Å². The molecule has 0 spiro atoms. The van der Waals surface area contributed by atoms with E-state index in [4.69, 9.17) is 4.74 Å². The molecule has 0 unspecified atom stereocenters. The molecule has 1 amide bonds. The Labute approximate surface area is 141 Å². The molecule has 2 rings (SSSR count). The Bertz CT molecular complexity index is 786. The molecular formula is C16H20N2O5S. The first-order valence-corrected chi connectivity index (χ1v) is 8.37. The number of carbonyl (C=O) groups is 1. The van der Waals surface area contributed by atoms with Gasteiger partial charge in [-0.2, -0.15) is 0 Å². The molecule has 0 saturated carbocycles. The molecule has 7 nitrogen and oxygen atoms in total. The number of hydrogen-bond donors (Lipinski definition) is 0. The minimum atomic E-state index is -4.27. The van der Waals surface area contributed by atoms with E-state index in [-0.39, 0.29) is 11.0 Å². The Morgan fingerprint density at radius 1 is 1.17 bits per heavy atom. The molecule has 1 aromatic carbocycles. The summed E-state index contributed by atoms with van der Waals surface area (Å²) in [5.74, 6) is 0.545. The minimum Gasteiger partial charge on any atom is -0.744 e. The molecule has 0 aliphatic heterocycles. The molecule has 0 aliphatic carbocycles. The minimum absolute atomic E-state index is 0.178. The van der Waals surface area contributed by atoms with Crippen LogP contribution in [0.15, 0.2) is 53.7 Å². The highest BCUT2D eigenvalue weighted by Crippen LogP contribution is 2.08. The number of carbonyl (C=O) groups excluding carboxylic acids is 1. The van der Waals surface area contributed by atoms with Gasteiger partial charge < -0.3 is 14.2 Å². The first-order chi connectivity index (χ1) is 11.1. The number of rotatable bonds is 2. The number of hydrogen-bond acceptors (Lipinski definition) is 5. The highest BCUT2D eigenvalue weighted by molar-refractivity contribution is 7.85. The fraction of sp³-hybridized carbons (Fsp3) is 0.250. The molecule has 1 heterocycles. The van der Waals surface area contributed by atoms with Crippen LogP contribution in [0.3, 0.4) is 0 Å². The van der Waals surface area contributed by atoms with Gasteiger partial charge in [0.1, 0.15) is 17.2 Å². The van der Waals surface area contributed by atoms with E-state index >= 15 is 0 Å². The van der Waals surface area contributed by atoms with E-state index in [1.54, 1.807) is 38.5 Å². The van der Waals surface area contributed by atoms with Gasteiger partial charge in [-0.1, -0.05) is 17.7 Å². The molecule has 0 N–H and O–H groups in total. The van der Waals surface area contributed by atoms with Crippen molar-refractivity contribution in [2.45, 2.75) is 11.8 Å². The Hall–Kier alpha value is -2.45. The van der Waals surface area contributed by atoms with Crippen LogP contribution in [0.1, 0.15) is 5.56 Å². The molecule has 24 heavy (non-hydrogen) atoms. The van der Waals surface area contributed by atoms with Crippen molar-refractivity contribution in [3.8, 4) is 5.75 Å². The van der Waals surface area contributed by atoms with Crippen molar-refractivity contribution < 1.29 is 27.1 Å². The van der Waals surface area contributed by atoms with E-state index < -0.39 is 10.1 Å². The number of ether oxygens (including phenoxy) is 1. The summed E-state index contributed by atoms with van der Waals surface area (Å²) in [6.07, 6.45) is 3.24. The SMILES string of the molecule is CN(C)C(=O)Oc1ccc[n+](C)c1.Cc1ccc(S(=O)(=O)[O-])cc1. The van der Waals surface area contributed by atoms with Crippen molar-refractivity contribution in [1.82, 2.24) is 4.90 Å². The predicted octanol–water partition coefficient (Wildman–Crippen LogP) is 1.47. The average molecular weight is 352 g/mol. The van der Waals surface area contributed by atoms with Gasteiger partial charge in [-0.15, -0.1) is 0 Å². The van der Waals surface area contributed by atoms with Crippen molar-refractivity contribution in [3.63, 3.8) is 0 Å². The highest BCUT2D eigenvalue weighted by atomic mass is 32.2. The van der Waals surface area contributed by atoms with Crippen molar-refractivity contribution in [2.24, 2.45) is 7.05 Å². The lowest BCUT2D eigenvalue weighted by Gasteiger charge is -2.09. The summed E-state index contributed by atoms with van der Waals surface area (Å²) in [4.78, 5) is 12.3. The van der Waals surface area contributed by atoms with Crippen LogP contribution in [0.4, 0.5) is 4.79 Å². The maximum absolute atomic E-state index is 11.1. The van der Waals surface area contributed by atoms with Gasteiger partial charge in [0.05, 0.1) is 4.90 Å². The van der Waals surface area contributed by atoms with Crippen LogP contribution in [0.5, 0.6) is 5.75 Å². The summed E-state index contributed by atoms with van der Waals surface area (Å²) in [6, 6.07) is 9.34. The number of nitrogens with zero attached hydrogens (tertiary/aromatic N) is 2. The molecule has 1 aromatic heterocycles. The zero-order chi connectivity index (χ0) is 18.3. The van der Waals surface area contributed by atoms with Crippen LogP contribution in [0.25, 0.3) is 0 Å². The number of benzene rings is 1. The van der Waals surface area contributed by atoms with Gasteiger partial charge in [-0.25, -0.2) is 17.8 Å². The highest BCUT2D eigenvalue weighted by Gasteiger charge is 2.08. The number of pyridine rings is 1. The first-order valence-electron chi connectivity index (χ1n) is 6.96. The van der Waals surface area contributed by atoms with Crippen molar-refractivity contribution in [1.29, 1.82) is 0 Å². The third-order valence-corrected chi connectivity index (χ3v) is 3.64. The third-order valence-electron chi connectivity index (χ3n) is 2.79. The zero-order valence-electron chi connectivity index (χ0n) is 14.0. The molecule has 0 aliphatic rings. The monoisotopic (exact) mass is 352 g/mol. The van der Waals surface area contributed by atoms with Crippen molar-refractivity contribution >= 4 is 16.2 Å². The standard InChI is InChI=1S/C9H13N2O2.C7H8O3S/c1-10(2)9(12)13-8-5-4-6-11(3)7-8;1-6-2-4-7(5-3-6)11(8,9)10/h4-7H,1-3H3;2-5H,1H3,(H,8,9,10)/q+1;/p-1. The lowest BCUT2D eigenvalue weighted by Crippen LogP contribution is -2.29. The largest absolute Gasteiger partial charge is 0.744 e. The van der Waals surface area contributed by atoms with Gasteiger partial charge in [-0.3, -0.25) is 0 Å². The van der Waals surface area contributed by atoms with E-state index in [0.29, 0.717) is 5.75 Å². The fourth-order valence-electron chi connectivity index (χ4n) is 1.52. The van der Waals surface area contributed by atoms with E-state index in [0.717, 1.165) is 5.56 Å². The third kappa shape index (κ3) is 6.76. The molecule has 0 bridgehead atoms. The Morgan fingerprint density at radius 3 is 2.21 bits per heavy atom. The molecule has 2 aromatic rings. The van der Waals surface area contributed by atoms with Crippen molar-refractivity contribution in [3.05, 3.63) is 54.4 Å². The van der Waals surface area contributed by atoms with E-state index in [9.17, 15) is 17.8 Å². The molecular weight excluding hydrogens is 332 g/mol. The van der Waals surface area contributed by atoms with E-state index in [2.05, 4.69) is 0 Å².